The van der Waals surface area contributed by atoms with E-state index in [0.29, 0.717) is 6.42 Å². The summed E-state index contributed by atoms with van der Waals surface area (Å²) in [5.74, 6) is 0. The molecule has 0 saturated carbocycles. The minimum atomic E-state index is -0.245. The van der Waals surface area contributed by atoms with Gasteiger partial charge >= 0.3 is 0 Å². The fourth-order valence-electron chi connectivity index (χ4n) is 2.72. The Hall–Kier alpha value is -0.980. The lowest BCUT2D eigenvalue weighted by atomic mass is 10.1. The van der Waals surface area contributed by atoms with Crippen LogP contribution < -0.4 is 5.73 Å². The van der Waals surface area contributed by atoms with Crippen LogP contribution in [0.1, 0.15) is 5.56 Å². The van der Waals surface area contributed by atoms with Crippen molar-refractivity contribution in [1.29, 1.82) is 0 Å². The Morgan fingerprint density at radius 3 is 2.50 bits per heavy atom. The Morgan fingerprint density at radius 2 is 1.83 bits per heavy atom. The van der Waals surface area contributed by atoms with Gasteiger partial charge in [-0.1, -0.05) is 45.9 Å². The van der Waals surface area contributed by atoms with Crippen LogP contribution in [-0.4, -0.2) is 22.3 Å². The molecule has 0 aliphatic heterocycles. The van der Waals surface area contributed by atoms with E-state index in [-0.39, 0.29) is 25.1 Å². The number of hydrogen-bond acceptors (Lipinski definition) is 3. The summed E-state index contributed by atoms with van der Waals surface area (Å²) >= 11 is 5.20. The number of para-hydroxylation sites is 1. The van der Waals surface area contributed by atoms with Crippen LogP contribution in [0, 0.1) is 0 Å². The fraction of sp³-hybridized carbons (Fsp3) is 0.222. The van der Waals surface area contributed by atoms with Gasteiger partial charge in [0.2, 0.25) is 0 Å². The van der Waals surface area contributed by atoms with Gasteiger partial charge in [0.25, 0.3) is 0 Å². The highest BCUT2D eigenvalue weighted by Gasteiger charge is 2.18. The zero-order chi connectivity index (χ0) is 16.4. The van der Waals surface area contributed by atoms with E-state index in [2.05, 4.69) is 51.8 Å². The summed E-state index contributed by atoms with van der Waals surface area (Å²) in [6.45, 7) is -0.00832. The van der Waals surface area contributed by atoms with Crippen molar-refractivity contribution in [2.24, 2.45) is 12.8 Å². The van der Waals surface area contributed by atoms with Crippen LogP contribution in [0.15, 0.2) is 62.9 Å². The lowest BCUT2D eigenvalue weighted by Crippen LogP contribution is -2.27. The monoisotopic (exact) mass is 426 g/mol. The molecule has 6 heteroatoms. The van der Waals surface area contributed by atoms with Gasteiger partial charge in [0.1, 0.15) is 0 Å². The van der Waals surface area contributed by atoms with Gasteiger partial charge in [-0.25, -0.2) is 0 Å². The van der Waals surface area contributed by atoms with E-state index < -0.39 is 0 Å². The van der Waals surface area contributed by atoms with Crippen LogP contribution in [0.3, 0.4) is 0 Å². The molecule has 0 saturated heterocycles. The second-order valence-electron chi connectivity index (χ2n) is 5.56. The number of hydrogen-bond donors (Lipinski definition) is 2. The Bertz CT molecular complexity index is 820. The Kier molecular flexibility index (Phi) is 6.78. The van der Waals surface area contributed by atoms with Crippen molar-refractivity contribution >= 4 is 51.0 Å². The molecule has 1 aromatic heterocycles. The number of aromatic nitrogens is 1. The molecule has 0 fully saturated rings. The van der Waals surface area contributed by atoms with E-state index in [1.807, 2.05) is 24.3 Å². The number of aliphatic hydroxyl groups is 1. The summed E-state index contributed by atoms with van der Waals surface area (Å²) in [5, 5.41) is 11.7. The summed E-state index contributed by atoms with van der Waals surface area (Å²) in [4.78, 5) is 1.18. The molecule has 3 rings (SSSR count). The van der Waals surface area contributed by atoms with Crippen LogP contribution >= 0.6 is 40.1 Å². The number of nitrogens with zero attached hydrogens (tertiary/aromatic N) is 1. The Labute approximate surface area is 160 Å². The fourth-order valence-corrected chi connectivity index (χ4v) is 4.03. The van der Waals surface area contributed by atoms with Crippen molar-refractivity contribution in [3.63, 3.8) is 0 Å². The van der Waals surface area contributed by atoms with Crippen LogP contribution in [0.5, 0.6) is 0 Å². The number of benzene rings is 2. The first-order valence-electron chi connectivity index (χ1n) is 7.46. The molecule has 0 amide bonds. The first-order chi connectivity index (χ1) is 11.1. The highest BCUT2D eigenvalue weighted by Crippen LogP contribution is 2.37. The number of aryl methyl sites for hydroxylation is 1. The number of aliphatic hydroxyl groups excluding tert-OH is 1. The Balaban J connectivity index is 0.00000208. The highest BCUT2D eigenvalue weighted by molar-refractivity contribution is 9.10. The molecule has 3 aromatic rings. The minimum absolute atomic E-state index is 0. The number of rotatable bonds is 5. The smallest absolute Gasteiger partial charge is 0.0838 e. The summed E-state index contributed by atoms with van der Waals surface area (Å²) < 4.78 is 3.28. The zero-order valence-electron chi connectivity index (χ0n) is 13.3. The van der Waals surface area contributed by atoms with Gasteiger partial charge in [-0.15, -0.1) is 12.4 Å². The normalized spacial score (nSPS) is 12.2. The summed E-state index contributed by atoms with van der Waals surface area (Å²) in [6.07, 6.45) is 0.663. The molecule has 128 valence electrons. The average molecular weight is 428 g/mol. The molecular weight excluding hydrogens is 408 g/mol. The molecule has 24 heavy (non-hydrogen) atoms. The molecule has 3 N–H and O–H groups in total. The predicted molar refractivity (Wildman–Crippen MR) is 107 cm³/mol. The topological polar surface area (TPSA) is 51.2 Å². The third-order valence-corrected chi connectivity index (χ3v) is 5.63. The van der Waals surface area contributed by atoms with Gasteiger partial charge in [-0.2, -0.15) is 0 Å². The second kappa shape index (κ2) is 8.41. The van der Waals surface area contributed by atoms with E-state index in [0.717, 1.165) is 4.47 Å². The van der Waals surface area contributed by atoms with E-state index in [1.165, 1.54) is 26.4 Å². The molecule has 2 aromatic carbocycles. The molecule has 0 radical (unpaired) electrons. The molecule has 1 atom stereocenters. The number of halogens is 2. The van der Waals surface area contributed by atoms with Gasteiger partial charge in [0.05, 0.1) is 11.6 Å². The van der Waals surface area contributed by atoms with Gasteiger partial charge in [0.15, 0.2) is 0 Å². The van der Waals surface area contributed by atoms with E-state index >= 15 is 0 Å². The van der Waals surface area contributed by atoms with Crippen LogP contribution in [-0.2, 0) is 13.5 Å². The predicted octanol–water partition coefficient (Wildman–Crippen LogP) is 4.38. The summed E-state index contributed by atoms with van der Waals surface area (Å²) in [7, 11) is 2.08. The molecular formula is C18H20BrClN2OS. The first-order valence-corrected chi connectivity index (χ1v) is 9.07. The quantitative estimate of drug-likeness (QED) is 0.635. The lowest BCUT2D eigenvalue weighted by Gasteiger charge is -2.11. The number of fused-ring (bicyclic) bond motifs is 1. The zero-order valence-corrected chi connectivity index (χ0v) is 16.5. The van der Waals surface area contributed by atoms with Crippen molar-refractivity contribution in [3.8, 4) is 0 Å². The maximum absolute atomic E-state index is 9.34. The van der Waals surface area contributed by atoms with E-state index in [1.54, 1.807) is 11.8 Å². The molecule has 0 spiro atoms. The third-order valence-electron chi connectivity index (χ3n) is 3.88. The van der Waals surface area contributed by atoms with Gasteiger partial charge in [0, 0.05) is 33.4 Å². The van der Waals surface area contributed by atoms with Crippen LogP contribution in [0.25, 0.3) is 10.9 Å². The van der Waals surface area contributed by atoms with Gasteiger partial charge in [-0.05, 0) is 42.3 Å². The molecule has 0 aliphatic carbocycles. The second-order valence-corrected chi connectivity index (χ2v) is 7.54. The summed E-state index contributed by atoms with van der Waals surface area (Å²) in [6, 6.07) is 16.4. The van der Waals surface area contributed by atoms with Crippen LogP contribution in [0.4, 0.5) is 0 Å². The molecule has 1 heterocycles. The highest BCUT2D eigenvalue weighted by atomic mass is 79.9. The molecule has 0 bridgehead atoms. The lowest BCUT2D eigenvalue weighted by molar-refractivity contribution is 0.265. The minimum Gasteiger partial charge on any atom is -0.395 e. The van der Waals surface area contributed by atoms with Crippen molar-refractivity contribution in [2.75, 3.05) is 6.61 Å². The van der Waals surface area contributed by atoms with Gasteiger partial charge < -0.3 is 15.4 Å². The van der Waals surface area contributed by atoms with Crippen molar-refractivity contribution < 1.29 is 5.11 Å². The molecule has 3 nitrogen and oxygen atoms in total. The maximum Gasteiger partial charge on any atom is 0.0838 e. The molecule has 0 aliphatic rings. The SMILES string of the molecule is Cl.Cn1c(Sc2ccc(Br)cc2)c(CC(N)CO)c2ccccc21. The summed E-state index contributed by atoms with van der Waals surface area (Å²) in [5.41, 5.74) is 8.41. The first kappa shape index (κ1) is 19.3. The molecule has 1 unspecified atom stereocenters. The Morgan fingerprint density at radius 1 is 1.17 bits per heavy atom. The van der Waals surface area contributed by atoms with Crippen molar-refractivity contribution in [2.45, 2.75) is 22.4 Å². The maximum atomic E-state index is 9.34. The van der Waals surface area contributed by atoms with Crippen LogP contribution in [0.2, 0.25) is 0 Å². The third kappa shape index (κ3) is 3.98. The number of nitrogens with two attached hydrogens (primary N) is 1. The van der Waals surface area contributed by atoms with Crippen molar-refractivity contribution in [3.05, 3.63) is 58.6 Å². The van der Waals surface area contributed by atoms with E-state index in [4.69, 9.17) is 5.73 Å². The van der Waals surface area contributed by atoms with Gasteiger partial charge in [-0.3, -0.25) is 0 Å². The largest absolute Gasteiger partial charge is 0.395 e. The van der Waals surface area contributed by atoms with Crippen molar-refractivity contribution in [1.82, 2.24) is 4.57 Å². The van der Waals surface area contributed by atoms with E-state index in [9.17, 15) is 5.11 Å². The standard InChI is InChI=1S/C18H19BrN2OS.ClH/c1-21-17-5-3-2-4-15(17)16(10-13(20)11-22)18(21)23-14-8-6-12(19)7-9-14;/h2-9,13,22H,10-11,20H2,1H3;1H. The average Bonchev–Trinajstić information content (AvgIpc) is 2.83.